The molecule has 4 rings (SSSR count). The van der Waals surface area contributed by atoms with Gasteiger partial charge in [-0.25, -0.2) is 0 Å². The third-order valence-corrected chi connectivity index (χ3v) is 6.73. The second kappa shape index (κ2) is 5.81. The van der Waals surface area contributed by atoms with Gasteiger partial charge >= 0.3 is 0 Å². The van der Waals surface area contributed by atoms with Gasteiger partial charge in [-0.1, -0.05) is 19.1 Å². The second-order valence-electron chi connectivity index (χ2n) is 7.61. The highest BCUT2D eigenvalue weighted by molar-refractivity contribution is 5.87. The number of hydrogen-bond acceptors (Lipinski definition) is 6. The number of fused-ring (bicyclic) bond motifs is 3. The maximum atomic E-state index is 12.6. The Morgan fingerprint density at radius 2 is 2.08 bits per heavy atom. The zero-order chi connectivity index (χ0) is 18.7. The number of allylic oxidation sites excluding steroid dienone is 1. The minimum Gasteiger partial charge on any atom is -0.454 e. The van der Waals surface area contributed by atoms with Crippen molar-refractivity contribution in [1.29, 1.82) is 0 Å². The van der Waals surface area contributed by atoms with Gasteiger partial charge in [0.2, 0.25) is 6.79 Å². The average Bonchev–Trinajstić information content (AvgIpc) is 3.14. The van der Waals surface area contributed by atoms with E-state index in [2.05, 4.69) is 6.58 Å². The van der Waals surface area contributed by atoms with E-state index in [-0.39, 0.29) is 30.8 Å². The van der Waals surface area contributed by atoms with E-state index in [4.69, 9.17) is 14.2 Å². The monoisotopic (exact) mass is 360 g/mol. The van der Waals surface area contributed by atoms with Crippen LogP contribution < -0.4 is 9.47 Å². The molecular formula is C20H24O6. The Balaban J connectivity index is 1.90. The van der Waals surface area contributed by atoms with Crippen molar-refractivity contribution < 1.29 is 29.2 Å². The zero-order valence-corrected chi connectivity index (χ0v) is 15.0. The van der Waals surface area contributed by atoms with Crippen LogP contribution in [-0.2, 0) is 9.53 Å². The first-order chi connectivity index (χ1) is 12.4. The highest BCUT2D eigenvalue weighted by Gasteiger charge is 2.73. The molecule has 2 N–H and O–H groups in total. The van der Waals surface area contributed by atoms with Gasteiger partial charge in [0, 0.05) is 24.9 Å². The number of ketones is 1. The maximum Gasteiger partial charge on any atom is 0.231 e. The molecule has 0 radical (unpaired) electrons. The van der Waals surface area contributed by atoms with E-state index in [1.54, 1.807) is 6.08 Å². The van der Waals surface area contributed by atoms with Crippen molar-refractivity contribution in [3.63, 3.8) is 0 Å². The van der Waals surface area contributed by atoms with Crippen LogP contribution in [0.5, 0.6) is 11.5 Å². The SMILES string of the molecule is C=CC[C@@]12CC(=O)[C@@H](O)[C@@](OC)([C@H](c3ccc4c(c3)OCO4)[C@H]1C)[C@@H]2O. The normalized spacial score (nSPS) is 40.7. The molecule has 1 heterocycles. The predicted octanol–water partition coefficient (Wildman–Crippen LogP) is 1.79. The van der Waals surface area contributed by atoms with E-state index in [0.29, 0.717) is 17.9 Å². The summed E-state index contributed by atoms with van der Waals surface area (Å²) < 4.78 is 16.6. The lowest BCUT2D eigenvalue weighted by Gasteiger charge is -2.46. The third kappa shape index (κ3) is 1.95. The number of benzene rings is 1. The van der Waals surface area contributed by atoms with Gasteiger partial charge in [-0.2, -0.15) is 0 Å². The number of rotatable bonds is 4. The molecule has 2 fully saturated rings. The summed E-state index contributed by atoms with van der Waals surface area (Å²) in [5.41, 5.74) is -1.26. The van der Waals surface area contributed by atoms with Crippen LogP contribution in [0.3, 0.4) is 0 Å². The molecule has 140 valence electrons. The lowest BCUT2D eigenvalue weighted by molar-refractivity contribution is -0.199. The van der Waals surface area contributed by atoms with Gasteiger partial charge in [0.15, 0.2) is 17.3 Å². The Kier molecular flexibility index (Phi) is 3.91. The molecule has 26 heavy (non-hydrogen) atoms. The van der Waals surface area contributed by atoms with Crippen molar-refractivity contribution in [3.8, 4) is 11.5 Å². The Hall–Kier alpha value is -1.89. The summed E-state index contributed by atoms with van der Waals surface area (Å²) >= 11 is 0. The molecule has 2 bridgehead atoms. The summed E-state index contributed by atoms with van der Waals surface area (Å²) in [5, 5.41) is 22.1. The average molecular weight is 360 g/mol. The second-order valence-corrected chi connectivity index (χ2v) is 7.61. The number of aliphatic hydroxyl groups is 2. The van der Waals surface area contributed by atoms with Crippen LogP contribution in [-0.4, -0.2) is 47.7 Å². The summed E-state index contributed by atoms with van der Waals surface area (Å²) in [5.74, 6) is 0.492. The van der Waals surface area contributed by atoms with Gasteiger partial charge < -0.3 is 24.4 Å². The fourth-order valence-electron chi connectivity index (χ4n) is 5.49. The standard InChI is InChI=1S/C20H24O6/c1-4-7-19-9-13(21)17(22)20(24-3,18(19)23)16(11(19)2)12-5-6-14-15(8-12)26-10-25-14/h4-6,8,11,16-18,22-23H,1,7,9-10H2,2-3H3/t11-,16+,17-,18-,19-,20+/m1/s1. The number of carbonyl (C=O) groups excluding carboxylic acids is 1. The zero-order valence-electron chi connectivity index (χ0n) is 15.0. The molecule has 6 nitrogen and oxygen atoms in total. The first-order valence-electron chi connectivity index (χ1n) is 8.87. The van der Waals surface area contributed by atoms with Crippen LogP contribution in [0.25, 0.3) is 0 Å². The van der Waals surface area contributed by atoms with Gasteiger partial charge in [-0.15, -0.1) is 6.58 Å². The van der Waals surface area contributed by atoms with E-state index in [0.717, 1.165) is 5.56 Å². The van der Waals surface area contributed by atoms with Gasteiger partial charge in [-0.05, 0) is 30.0 Å². The fourth-order valence-corrected chi connectivity index (χ4v) is 5.49. The van der Waals surface area contributed by atoms with Crippen LogP contribution in [0.1, 0.15) is 31.2 Å². The van der Waals surface area contributed by atoms with Crippen LogP contribution >= 0.6 is 0 Å². The molecule has 0 unspecified atom stereocenters. The summed E-state index contributed by atoms with van der Waals surface area (Å²) in [6.07, 6.45) is -0.0705. The summed E-state index contributed by atoms with van der Waals surface area (Å²) in [7, 11) is 1.45. The van der Waals surface area contributed by atoms with Gasteiger partial charge in [0.1, 0.15) is 11.7 Å². The molecule has 1 aliphatic heterocycles. The Labute approximate surface area is 152 Å². The smallest absolute Gasteiger partial charge is 0.231 e. The quantitative estimate of drug-likeness (QED) is 0.797. The van der Waals surface area contributed by atoms with E-state index >= 15 is 0 Å². The van der Waals surface area contributed by atoms with Crippen molar-refractivity contribution in [2.24, 2.45) is 11.3 Å². The van der Waals surface area contributed by atoms with Crippen LogP contribution in [0.2, 0.25) is 0 Å². The van der Waals surface area contributed by atoms with Crippen LogP contribution in [0.4, 0.5) is 0 Å². The van der Waals surface area contributed by atoms with Crippen molar-refractivity contribution in [2.45, 2.75) is 43.5 Å². The molecule has 2 saturated carbocycles. The molecule has 2 aliphatic carbocycles. The molecule has 1 aromatic carbocycles. The minimum atomic E-state index is -1.40. The largest absolute Gasteiger partial charge is 0.454 e. The van der Waals surface area contributed by atoms with Crippen LogP contribution in [0.15, 0.2) is 30.9 Å². The van der Waals surface area contributed by atoms with Crippen molar-refractivity contribution in [2.75, 3.05) is 13.9 Å². The third-order valence-electron chi connectivity index (χ3n) is 6.73. The van der Waals surface area contributed by atoms with Crippen molar-refractivity contribution >= 4 is 5.78 Å². The van der Waals surface area contributed by atoms with E-state index in [1.165, 1.54) is 7.11 Å². The number of Topliss-reactive ketones (excluding diaryl/α,β-unsaturated/α-hetero) is 1. The fraction of sp³-hybridized carbons (Fsp3) is 0.550. The first-order valence-corrected chi connectivity index (χ1v) is 8.87. The molecule has 6 heteroatoms. The van der Waals surface area contributed by atoms with Crippen molar-refractivity contribution in [1.82, 2.24) is 0 Å². The van der Waals surface area contributed by atoms with Crippen molar-refractivity contribution in [3.05, 3.63) is 36.4 Å². The summed E-state index contributed by atoms with van der Waals surface area (Å²) in [6, 6.07) is 5.56. The molecule has 1 aromatic rings. The van der Waals surface area contributed by atoms with Gasteiger partial charge in [-0.3, -0.25) is 4.79 Å². The van der Waals surface area contributed by atoms with E-state index in [1.807, 2.05) is 25.1 Å². The molecule has 0 aromatic heterocycles. The number of methoxy groups -OCH3 is 1. The lowest BCUT2D eigenvalue weighted by Crippen LogP contribution is -2.63. The minimum absolute atomic E-state index is 0.106. The highest BCUT2D eigenvalue weighted by atomic mass is 16.7. The Morgan fingerprint density at radius 3 is 2.77 bits per heavy atom. The molecule has 0 saturated heterocycles. The Morgan fingerprint density at radius 1 is 1.35 bits per heavy atom. The van der Waals surface area contributed by atoms with E-state index in [9.17, 15) is 15.0 Å². The van der Waals surface area contributed by atoms with Gasteiger partial charge in [0.25, 0.3) is 0 Å². The number of ether oxygens (including phenoxy) is 3. The number of aliphatic hydroxyl groups excluding tert-OH is 2. The van der Waals surface area contributed by atoms with Gasteiger partial charge in [0.05, 0.1) is 6.10 Å². The molecular weight excluding hydrogens is 336 g/mol. The molecule has 3 aliphatic rings. The summed E-state index contributed by atoms with van der Waals surface area (Å²) in [4.78, 5) is 12.6. The Bertz CT molecular complexity index is 761. The highest BCUT2D eigenvalue weighted by Crippen LogP contribution is 2.65. The predicted molar refractivity (Wildman–Crippen MR) is 93.1 cm³/mol. The number of hydrogen-bond donors (Lipinski definition) is 2. The van der Waals surface area contributed by atoms with E-state index < -0.39 is 23.2 Å². The molecule has 6 atom stereocenters. The number of carbonyl (C=O) groups is 1. The first kappa shape index (κ1) is 17.5. The molecule has 0 amide bonds. The molecule has 0 spiro atoms. The topological polar surface area (TPSA) is 85.2 Å². The lowest BCUT2D eigenvalue weighted by atomic mass is 9.65. The van der Waals surface area contributed by atoms with Crippen LogP contribution in [0, 0.1) is 11.3 Å². The maximum absolute atomic E-state index is 12.6. The summed E-state index contributed by atoms with van der Waals surface area (Å²) in [6.45, 7) is 5.98.